The van der Waals surface area contributed by atoms with Gasteiger partial charge < -0.3 is 14.2 Å². The molecule has 4 heteroatoms. The Morgan fingerprint density at radius 1 is 0.321 bits per heavy atom. The fourth-order valence-corrected chi connectivity index (χ4v) is 13.7. The summed E-state index contributed by atoms with van der Waals surface area (Å²) >= 11 is 0. The van der Waals surface area contributed by atoms with Crippen LogP contribution in [-0.2, 0) is 6.16 Å². The molecule has 1 aromatic rings. The average Bonchev–Trinajstić information content (AvgIpc) is 3.19. The predicted molar refractivity (Wildman–Crippen MR) is 255 cm³/mol. The second-order valence-corrected chi connectivity index (χ2v) is 22.0. The van der Waals surface area contributed by atoms with Crippen LogP contribution in [0.1, 0.15) is 259 Å². The lowest BCUT2D eigenvalue weighted by molar-refractivity contribution is 0.234. The van der Waals surface area contributed by atoms with Crippen LogP contribution >= 0.6 is 7.26 Å². The summed E-state index contributed by atoms with van der Waals surface area (Å²) in [6, 6.07) is 4.76. The first-order valence-corrected chi connectivity index (χ1v) is 28.0. The van der Waals surface area contributed by atoms with Crippen molar-refractivity contribution in [1.29, 1.82) is 0 Å². The zero-order valence-electron chi connectivity index (χ0n) is 39.1. The van der Waals surface area contributed by atoms with Crippen LogP contribution in [0.15, 0.2) is 12.1 Å². The van der Waals surface area contributed by atoms with Crippen LogP contribution in [0.3, 0.4) is 0 Å². The highest BCUT2D eigenvalue weighted by Gasteiger charge is 2.35. The van der Waals surface area contributed by atoms with Gasteiger partial charge in [0.2, 0.25) is 5.75 Å². The molecular weight excluding hydrogens is 704 g/mol. The monoisotopic (exact) mass is 804 g/mol. The normalized spacial score (nSPS) is 11.8. The van der Waals surface area contributed by atoms with Crippen molar-refractivity contribution in [3.8, 4) is 17.2 Å². The van der Waals surface area contributed by atoms with Crippen LogP contribution in [0, 0.1) is 0 Å². The molecule has 0 N–H and O–H groups in total. The van der Waals surface area contributed by atoms with Crippen molar-refractivity contribution < 1.29 is 14.2 Å². The predicted octanol–water partition coefficient (Wildman–Crippen LogP) is 18.3. The van der Waals surface area contributed by atoms with Crippen molar-refractivity contribution in [2.45, 2.75) is 260 Å². The first-order valence-electron chi connectivity index (χ1n) is 25.5. The zero-order chi connectivity index (χ0) is 40.6. The minimum Gasteiger partial charge on any atom is -0.490 e. The van der Waals surface area contributed by atoms with E-state index in [9.17, 15) is 0 Å². The van der Waals surface area contributed by atoms with E-state index < -0.39 is 7.26 Å². The van der Waals surface area contributed by atoms with E-state index in [2.05, 4.69) is 53.7 Å². The zero-order valence-corrected chi connectivity index (χ0v) is 40.0. The molecule has 0 saturated heterocycles. The van der Waals surface area contributed by atoms with Crippen LogP contribution in [0.4, 0.5) is 0 Å². The lowest BCUT2D eigenvalue weighted by atomic mass is 10.1. The van der Waals surface area contributed by atoms with Gasteiger partial charge in [0.05, 0.1) is 44.5 Å². The van der Waals surface area contributed by atoms with Crippen LogP contribution in [0.2, 0.25) is 0 Å². The number of unbranched alkanes of at least 4 members (excludes halogenated alkanes) is 27. The molecule has 3 nitrogen and oxygen atoms in total. The molecule has 0 aliphatic carbocycles. The molecule has 0 atom stereocenters. The van der Waals surface area contributed by atoms with E-state index in [-0.39, 0.29) is 0 Å². The largest absolute Gasteiger partial charge is 0.490 e. The van der Waals surface area contributed by atoms with Gasteiger partial charge in [0, 0.05) is 7.26 Å². The Balaban J connectivity index is 3.02. The Kier molecular flexibility index (Phi) is 37.4. The minimum atomic E-state index is -1.09. The summed E-state index contributed by atoms with van der Waals surface area (Å²) in [7, 11) is -1.09. The van der Waals surface area contributed by atoms with E-state index in [1.165, 1.54) is 223 Å². The Hall–Kier alpha value is -0.950. The topological polar surface area (TPSA) is 27.7 Å². The summed E-state index contributed by atoms with van der Waals surface area (Å²) in [4.78, 5) is 0. The van der Waals surface area contributed by atoms with Crippen molar-refractivity contribution in [2.75, 3.05) is 38.3 Å². The summed E-state index contributed by atoms with van der Waals surface area (Å²) < 4.78 is 20.2. The third-order valence-corrected chi connectivity index (χ3v) is 17.2. The molecule has 0 fully saturated rings. The number of ether oxygens (including phenoxy) is 3. The van der Waals surface area contributed by atoms with Gasteiger partial charge in [-0.25, -0.2) is 0 Å². The second kappa shape index (κ2) is 39.5. The molecule has 0 saturated carbocycles. The first-order chi connectivity index (χ1) is 27.6. The summed E-state index contributed by atoms with van der Waals surface area (Å²) in [5.74, 6) is 2.78. The molecule has 0 radical (unpaired) electrons. The quantitative estimate of drug-likeness (QED) is 0.0486. The molecule has 56 heavy (non-hydrogen) atoms. The van der Waals surface area contributed by atoms with Crippen LogP contribution < -0.4 is 14.2 Å². The SMILES string of the molecule is CCCCCCCCCCCCOc1cc(C[P+](CCC)(CCC)CCC)cc(OCCCCCCCCCCCC)c1OCCCCCCCCCCCC. The van der Waals surface area contributed by atoms with Crippen molar-refractivity contribution in [1.82, 2.24) is 0 Å². The number of hydrogen-bond acceptors (Lipinski definition) is 3. The average molecular weight is 804 g/mol. The summed E-state index contributed by atoms with van der Waals surface area (Å²) in [5.41, 5.74) is 1.43. The maximum absolute atomic E-state index is 6.75. The molecule has 0 unspecified atom stereocenters. The Bertz CT molecular complexity index is 899. The van der Waals surface area contributed by atoms with Gasteiger partial charge >= 0.3 is 0 Å². The standard InChI is InChI=1S/C52H100O3P/c1-7-13-16-19-22-25-28-31-34-37-40-53-50-46-49(48-56(43-10-4,44-11-5)45-12-6)47-51(54-41-38-35-32-29-26-23-20-17-14-8-2)52(50)55-42-39-36-33-30-27-24-21-18-15-9-3/h46-47H,7-45,48H2,1-6H3/q+1. The van der Waals surface area contributed by atoms with Gasteiger partial charge in [0.15, 0.2) is 11.5 Å². The first kappa shape index (κ1) is 53.1. The van der Waals surface area contributed by atoms with Gasteiger partial charge in [-0.2, -0.15) is 0 Å². The smallest absolute Gasteiger partial charge is 0.203 e. The molecule has 330 valence electrons. The van der Waals surface area contributed by atoms with Gasteiger partial charge in [-0.15, -0.1) is 0 Å². The van der Waals surface area contributed by atoms with Gasteiger partial charge in [-0.05, 0) is 56.2 Å². The molecule has 0 aliphatic heterocycles. The Morgan fingerprint density at radius 3 is 0.875 bits per heavy atom. The maximum Gasteiger partial charge on any atom is 0.203 e. The summed E-state index contributed by atoms with van der Waals surface area (Å²) in [6.45, 7) is 16.4. The molecule has 0 aromatic heterocycles. The van der Waals surface area contributed by atoms with Crippen molar-refractivity contribution >= 4 is 7.26 Å². The highest BCUT2D eigenvalue weighted by atomic mass is 31.2. The van der Waals surface area contributed by atoms with Gasteiger partial charge in [-0.1, -0.05) is 215 Å². The van der Waals surface area contributed by atoms with Crippen molar-refractivity contribution in [2.24, 2.45) is 0 Å². The number of rotatable bonds is 44. The number of benzene rings is 1. The van der Waals surface area contributed by atoms with Gasteiger partial charge in [0.1, 0.15) is 0 Å². The van der Waals surface area contributed by atoms with Gasteiger partial charge in [0.25, 0.3) is 0 Å². The van der Waals surface area contributed by atoms with E-state index >= 15 is 0 Å². The van der Waals surface area contributed by atoms with Crippen molar-refractivity contribution in [3.63, 3.8) is 0 Å². The lowest BCUT2D eigenvalue weighted by Gasteiger charge is -2.28. The maximum atomic E-state index is 6.75. The second-order valence-electron chi connectivity index (χ2n) is 17.7. The molecule has 0 aliphatic rings. The highest BCUT2D eigenvalue weighted by molar-refractivity contribution is 7.75. The molecule has 1 rings (SSSR count). The Labute approximate surface area is 353 Å². The molecule has 1 aromatic carbocycles. The number of hydrogen-bond donors (Lipinski definition) is 0. The summed E-state index contributed by atoms with van der Waals surface area (Å²) in [6.07, 6.45) is 49.5. The highest BCUT2D eigenvalue weighted by Crippen LogP contribution is 2.63. The fourth-order valence-electron chi connectivity index (χ4n) is 8.77. The third kappa shape index (κ3) is 28.5. The van der Waals surface area contributed by atoms with Crippen LogP contribution in [0.5, 0.6) is 17.2 Å². The van der Waals surface area contributed by atoms with Crippen molar-refractivity contribution in [3.05, 3.63) is 17.7 Å². The molecule has 0 amide bonds. The van der Waals surface area contributed by atoms with Crippen LogP contribution in [0.25, 0.3) is 0 Å². The van der Waals surface area contributed by atoms with Crippen LogP contribution in [-0.4, -0.2) is 38.3 Å². The molecule has 0 bridgehead atoms. The lowest BCUT2D eigenvalue weighted by Crippen LogP contribution is -2.11. The fraction of sp³-hybridized carbons (Fsp3) is 0.885. The van der Waals surface area contributed by atoms with E-state index in [1.54, 1.807) is 0 Å². The summed E-state index contributed by atoms with van der Waals surface area (Å²) in [5, 5.41) is 0. The van der Waals surface area contributed by atoms with E-state index in [1.807, 2.05) is 0 Å². The third-order valence-electron chi connectivity index (χ3n) is 11.9. The Morgan fingerprint density at radius 2 is 0.589 bits per heavy atom. The molecular formula is C52H100O3P+. The van der Waals surface area contributed by atoms with E-state index in [4.69, 9.17) is 14.2 Å². The van der Waals surface area contributed by atoms with E-state index in [0.29, 0.717) is 0 Å². The van der Waals surface area contributed by atoms with Gasteiger partial charge in [-0.3, -0.25) is 0 Å². The molecule has 0 spiro atoms. The molecule has 0 heterocycles. The minimum absolute atomic E-state index is 0.748. The van der Waals surface area contributed by atoms with E-state index in [0.717, 1.165) is 56.3 Å².